The quantitative estimate of drug-likeness (QED) is 0.393. The Hall–Kier alpha value is -1.72. The topological polar surface area (TPSA) is 151 Å². The third-order valence-corrected chi connectivity index (χ3v) is 5.34. The van der Waals surface area contributed by atoms with Crippen LogP contribution in [0.25, 0.3) is 11.2 Å². The third-order valence-electron chi connectivity index (χ3n) is 4.86. The molecule has 0 aliphatic carbocycles. The number of aliphatic hydroxyl groups is 2. The van der Waals surface area contributed by atoms with Crippen LogP contribution in [0.1, 0.15) is 31.7 Å². The minimum Gasteiger partial charge on any atom is -0.387 e. The molecule has 4 heterocycles. The van der Waals surface area contributed by atoms with Gasteiger partial charge in [0.15, 0.2) is 17.7 Å². The molecule has 0 saturated carbocycles. The summed E-state index contributed by atoms with van der Waals surface area (Å²) in [6.45, 7) is 3.27. The van der Waals surface area contributed by atoms with Gasteiger partial charge in [-0.3, -0.25) is 9.52 Å². The minimum absolute atomic E-state index is 0.0456. The number of pyridine rings is 1. The molecule has 4 N–H and O–H groups in total. The van der Waals surface area contributed by atoms with E-state index in [1.165, 1.54) is 0 Å². The Morgan fingerprint density at radius 3 is 2.81 bits per heavy atom. The van der Waals surface area contributed by atoms with Crippen LogP contribution in [0.15, 0.2) is 23.6 Å². The van der Waals surface area contributed by atoms with Crippen LogP contribution in [0.3, 0.4) is 0 Å². The Bertz CT molecular complexity index is 970. The fourth-order valence-corrected chi connectivity index (χ4v) is 3.92. The average Bonchev–Trinajstić information content (AvgIpc) is 3.11. The van der Waals surface area contributed by atoms with Gasteiger partial charge in [0.05, 0.1) is 12.6 Å². The first-order chi connectivity index (χ1) is 12.7. The summed E-state index contributed by atoms with van der Waals surface area (Å²) in [5.74, 6) is 0.751. The number of hydrogen-bond donors (Lipinski definition) is 4. The van der Waals surface area contributed by atoms with Gasteiger partial charge in [0.2, 0.25) is 6.23 Å². The lowest BCUT2D eigenvalue weighted by atomic mass is 10.1. The minimum atomic E-state index is -4.72. The van der Waals surface area contributed by atoms with Crippen molar-refractivity contribution in [3.05, 3.63) is 24.2 Å². The molecule has 2 aliphatic heterocycles. The van der Waals surface area contributed by atoms with Gasteiger partial charge in [-0.05, 0) is 13.0 Å². The van der Waals surface area contributed by atoms with Gasteiger partial charge in [0.25, 0.3) is 0 Å². The first-order valence-electron chi connectivity index (χ1n) is 8.35. The molecule has 1 saturated heterocycles. The Kier molecular flexibility index (Phi) is 4.43. The second kappa shape index (κ2) is 6.42. The summed E-state index contributed by atoms with van der Waals surface area (Å²) in [5.41, 5.74) is 2.35. The molecule has 1 fully saturated rings. The van der Waals surface area contributed by atoms with E-state index in [0.29, 0.717) is 5.65 Å². The van der Waals surface area contributed by atoms with Crippen LogP contribution >= 0.6 is 7.82 Å². The number of imidazole rings is 1. The highest BCUT2D eigenvalue weighted by atomic mass is 31.2. The molecule has 0 spiro atoms. The molecule has 0 radical (unpaired) electrons. The predicted octanol–water partition coefficient (Wildman–Crippen LogP) is -0.607. The fraction of sp³-hybridized carbons (Fsp3) is 0.533. The second-order valence-electron chi connectivity index (χ2n) is 6.65. The molecule has 2 aliphatic rings. The highest BCUT2D eigenvalue weighted by molar-refractivity contribution is 7.46. The van der Waals surface area contributed by atoms with Crippen molar-refractivity contribution >= 4 is 24.8 Å². The van der Waals surface area contributed by atoms with E-state index in [-0.39, 0.29) is 6.04 Å². The molecule has 146 valence electrons. The van der Waals surface area contributed by atoms with Gasteiger partial charge in [-0.15, -0.1) is 4.98 Å². The maximum Gasteiger partial charge on any atom is 0.469 e. The van der Waals surface area contributed by atoms with Gasteiger partial charge >= 0.3 is 13.5 Å². The van der Waals surface area contributed by atoms with Crippen LogP contribution in [0.5, 0.6) is 0 Å². The molecule has 11 nitrogen and oxygen atoms in total. The van der Waals surface area contributed by atoms with E-state index in [1.807, 2.05) is 24.5 Å². The van der Waals surface area contributed by atoms with Gasteiger partial charge in [-0.25, -0.2) is 13.7 Å². The number of aliphatic hydroxyl groups excluding tert-OH is 2. The highest BCUT2D eigenvalue weighted by Gasteiger charge is 2.48. The van der Waals surface area contributed by atoms with Gasteiger partial charge in [-0.1, -0.05) is 0 Å². The van der Waals surface area contributed by atoms with Crippen molar-refractivity contribution in [2.24, 2.45) is 4.99 Å². The van der Waals surface area contributed by atoms with Crippen LogP contribution in [-0.2, 0) is 13.8 Å². The standard InChI is InChI=1S/C15H19N4O7P/c1-7-9-3-4-16-14-11(9)18(8(2)17-7)6-19(14)15-13(21)12(20)10(26-15)5-25-27(22,23)24/h3-4,6-7,10,12-13,15,20-21H,5H2,1-2H3,(H-,22,23,24)/p+1/t7?,10-,12-,13-,15?/m1/s1. The van der Waals surface area contributed by atoms with Crippen LogP contribution < -0.4 is 4.57 Å². The summed E-state index contributed by atoms with van der Waals surface area (Å²) in [5, 5.41) is 20.7. The molecule has 0 bridgehead atoms. The molecule has 0 amide bonds. The zero-order chi connectivity index (χ0) is 19.5. The van der Waals surface area contributed by atoms with Crippen LogP contribution in [0, 0.1) is 0 Å². The average molecular weight is 399 g/mol. The highest BCUT2D eigenvalue weighted by Crippen LogP contribution is 2.38. The summed E-state index contributed by atoms with van der Waals surface area (Å²) < 4.78 is 24.4. The molecule has 4 rings (SSSR count). The first-order valence-corrected chi connectivity index (χ1v) is 9.88. The fourth-order valence-electron chi connectivity index (χ4n) is 3.58. The van der Waals surface area contributed by atoms with E-state index in [9.17, 15) is 14.8 Å². The lowest BCUT2D eigenvalue weighted by molar-refractivity contribution is -0.745. The van der Waals surface area contributed by atoms with E-state index >= 15 is 0 Å². The van der Waals surface area contributed by atoms with Gasteiger partial charge < -0.3 is 24.7 Å². The number of phosphoric acid groups is 1. The molecule has 27 heavy (non-hydrogen) atoms. The second-order valence-corrected chi connectivity index (χ2v) is 7.89. The zero-order valence-corrected chi connectivity index (χ0v) is 15.5. The molecule has 2 aromatic heterocycles. The summed E-state index contributed by atoms with van der Waals surface area (Å²) >= 11 is 0. The number of aliphatic imine (C=N–C) groups is 1. The Balaban J connectivity index is 1.72. The zero-order valence-electron chi connectivity index (χ0n) is 14.6. The van der Waals surface area contributed by atoms with E-state index in [4.69, 9.17) is 14.5 Å². The van der Waals surface area contributed by atoms with Crippen molar-refractivity contribution in [3.63, 3.8) is 0 Å². The van der Waals surface area contributed by atoms with Crippen molar-refractivity contribution in [2.45, 2.75) is 44.4 Å². The van der Waals surface area contributed by atoms with Gasteiger partial charge in [0, 0.05) is 12.5 Å². The smallest absolute Gasteiger partial charge is 0.387 e. The van der Waals surface area contributed by atoms with Crippen LogP contribution in [0.2, 0.25) is 0 Å². The van der Waals surface area contributed by atoms with E-state index < -0.39 is 39.0 Å². The molecular formula is C15H20N4O7P+. The number of rotatable bonds is 4. The van der Waals surface area contributed by atoms with E-state index in [2.05, 4.69) is 14.5 Å². The normalized spacial score (nSPS) is 30.7. The van der Waals surface area contributed by atoms with Crippen molar-refractivity contribution in [1.82, 2.24) is 9.55 Å². The first kappa shape index (κ1) is 18.6. The SMILES string of the molecule is CC1=NC(C)c2ccnc3c2n1c[n+]3C1O[C@H](COP(=O)(O)O)[C@@H](O)[C@H]1O. The Morgan fingerprint density at radius 1 is 1.37 bits per heavy atom. The van der Waals surface area contributed by atoms with Crippen molar-refractivity contribution in [2.75, 3.05) is 6.61 Å². The summed E-state index contributed by atoms with van der Waals surface area (Å²) in [7, 11) is -4.72. The molecule has 5 atom stereocenters. The lowest BCUT2D eigenvalue weighted by Crippen LogP contribution is -2.46. The monoisotopic (exact) mass is 399 g/mol. The van der Waals surface area contributed by atoms with Crippen molar-refractivity contribution < 1.29 is 38.4 Å². The lowest BCUT2D eigenvalue weighted by Gasteiger charge is -2.14. The Morgan fingerprint density at radius 2 is 2.11 bits per heavy atom. The number of nitrogens with zero attached hydrogens (tertiary/aromatic N) is 4. The van der Waals surface area contributed by atoms with Crippen LogP contribution in [0.4, 0.5) is 0 Å². The molecule has 2 aromatic rings. The molecular weight excluding hydrogens is 379 g/mol. The Labute approximate surface area is 153 Å². The van der Waals surface area contributed by atoms with Gasteiger partial charge in [0.1, 0.15) is 24.5 Å². The van der Waals surface area contributed by atoms with Crippen molar-refractivity contribution in [1.29, 1.82) is 0 Å². The largest absolute Gasteiger partial charge is 0.469 e. The summed E-state index contributed by atoms with van der Waals surface area (Å²) in [4.78, 5) is 26.6. The summed E-state index contributed by atoms with van der Waals surface area (Å²) in [6, 6.07) is 1.83. The van der Waals surface area contributed by atoms with Crippen LogP contribution in [-0.4, -0.2) is 60.3 Å². The van der Waals surface area contributed by atoms with E-state index in [1.54, 1.807) is 17.1 Å². The molecule has 2 unspecified atom stereocenters. The maximum atomic E-state index is 10.9. The van der Waals surface area contributed by atoms with E-state index in [0.717, 1.165) is 16.9 Å². The number of hydrogen-bond acceptors (Lipinski definition) is 7. The van der Waals surface area contributed by atoms with Gasteiger partial charge in [-0.2, -0.15) is 0 Å². The number of aromatic nitrogens is 3. The third kappa shape index (κ3) is 3.11. The number of phosphoric ester groups is 1. The maximum absolute atomic E-state index is 10.9. The number of ether oxygens (including phenoxy) is 1. The predicted molar refractivity (Wildman–Crippen MR) is 90.8 cm³/mol. The molecule has 0 aromatic carbocycles. The molecule has 12 heteroatoms. The van der Waals surface area contributed by atoms with Crippen molar-refractivity contribution in [3.8, 4) is 0 Å². The summed E-state index contributed by atoms with van der Waals surface area (Å²) in [6.07, 6.45) is -1.51.